The van der Waals surface area contributed by atoms with Crippen molar-refractivity contribution in [1.82, 2.24) is 14.9 Å². The molecule has 9 heteroatoms. The van der Waals surface area contributed by atoms with Crippen LogP contribution in [0.15, 0.2) is 71.5 Å². The van der Waals surface area contributed by atoms with Gasteiger partial charge in [0.2, 0.25) is 0 Å². The van der Waals surface area contributed by atoms with Gasteiger partial charge in [-0.1, -0.05) is 41.9 Å². The van der Waals surface area contributed by atoms with E-state index < -0.39 is 0 Å². The Bertz CT molecular complexity index is 1540. The van der Waals surface area contributed by atoms with Gasteiger partial charge in [-0.15, -0.1) is 0 Å². The Morgan fingerprint density at radius 3 is 2.57 bits per heavy atom. The molecule has 7 nitrogen and oxygen atoms in total. The number of rotatable bonds is 7. The summed E-state index contributed by atoms with van der Waals surface area (Å²) in [4.78, 5) is 31.4. The van der Waals surface area contributed by atoms with Gasteiger partial charge in [0.05, 0.1) is 30.7 Å². The zero-order valence-electron chi connectivity index (χ0n) is 20.2. The summed E-state index contributed by atoms with van der Waals surface area (Å²) in [6.45, 7) is 3.73. The van der Waals surface area contributed by atoms with Gasteiger partial charge in [-0.25, -0.2) is 0 Å². The first-order valence-electron chi connectivity index (χ1n) is 12.2. The van der Waals surface area contributed by atoms with Crippen LogP contribution in [0.2, 0.25) is 5.02 Å². The van der Waals surface area contributed by atoms with Crippen LogP contribution in [-0.2, 0) is 17.7 Å². The van der Waals surface area contributed by atoms with Crippen molar-refractivity contribution in [3.8, 4) is 0 Å². The molecule has 0 unspecified atom stereocenters. The van der Waals surface area contributed by atoms with Gasteiger partial charge in [-0.2, -0.15) is 0 Å². The average molecular weight is 535 g/mol. The number of hydrogen-bond donors (Lipinski definition) is 2. The molecule has 1 aromatic heterocycles. The van der Waals surface area contributed by atoms with Gasteiger partial charge in [-0.05, 0) is 66.2 Å². The van der Waals surface area contributed by atoms with Crippen LogP contribution < -0.4 is 15.8 Å². The van der Waals surface area contributed by atoms with Crippen molar-refractivity contribution in [2.45, 2.75) is 13.0 Å². The predicted molar refractivity (Wildman–Crippen MR) is 149 cm³/mol. The molecule has 0 spiro atoms. The first-order valence-corrected chi connectivity index (χ1v) is 13.0. The second kappa shape index (κ2) is 11.3. The molecule has 4 aromatic rings. The van der Waals surface area contributed by atoms with Crippen LogP contribution in [0.3, 0.4) is 0 Å². The van der Waals surface area contributed by atoms with E-state index in [0.717, 1.165) is 29.9 Å². The first kappa shape index (κ1) is 25.2. The highest BCUT2D eigenvalue weighted by molar-refractivity contribution is 7.71. The van der Waals surface area contributed by atoms with Crippen LogP contribution in [0.25, 0.3) is 10.9 Å². The standard InChI is InChI=1S/C28H27ClN4O3S/c29-24-4-2-1-3-20(24)11-12-30-26(34)21-7-5-19(6-8-21)18-33-27(35)23-17-22(32-13-15-36-16-14-32)9-10-25(23)31-28(33)37/h1-10,17H,11-16,18H2,(H,30,34)(H,31,37). The highest BCUT2D eigenvalue weighted by Gasteiger charge is 2.14. The van der Waals surface area contributed by atoms with E-state index in [0.29, 0.717) is 59.0 Å². The highest BCUT2D eigenvalue weighted by atomic mass is 35.5. The summed E-state index contributed by atoms with van der Waals surface area (Å²) < 4.78 is 7.36. The van der Waals surface area contributed by atoms with Gasteiger partial charge in [0.15, 0.2) is 4.77 Å². The van der Waals surface area contributed by atoms with E-state index in [1.807, 2.05) is 54.6 Å². The maximum absolute atomic E-state index is 13.4. The van der Waals surface area contributed by atoms with E-state index in [2.05, 4.69) is 15.2 Å². The molecule has 1 aliphatic rings. The second-order valence-corrected chi connectivity index (χ2v) is 9.74. The molecular formula is C28H27ClN4O3S. The molecule has 2 heterocycles. The summed E-state index contributed by atoms with van der Waals surface area (Å²) in [6, 6.07) is 20.6. The van der Waals surface area contributed by atoms with E-state index in [1.54, 1.807) is 16.7 Å². The number of carbonyl (C=O) groups excluding carboxylic acids is 1. The third-order valence-corrected chi connectivity index (χ3v) is 7.23. The minimum atomic E-state index is -0.158. The van der Waals surface area contributed by atoms with Crippen LogP contribution in [0, 0.1) is 4.77 Å². The van der Waals surface area contributed by atoms with Crippen LogP contribution in [0.5, 0.6) is 0 Å². The SMILES string of the molecule is O=C(NCCc1ccccc1Cl)c1ccc(Cn2c(=S)[nH]c3ccc(N4CCOCC4)cc3c2=O)cc1. The molecule has 1 amide bonds. The molecule has 0 atom stereocenters. The first-order chi connectivity index (χ1) is 18.0. The Hall–Kier alpha value is -3.46. The van der Waals surface area contributed by atoms with E-state index in [1.165, 1.54) is 0 Å². The summed E-state index contributed by atoms with van der Waals surface area (Å²) in [5.41, 5.74) is 3.98. The number of halogens is 1. The molecule has 0 saturated carbocycles. The van der Waals surface area contributed by atoms with E-state index in [9.17, 15) is 9.59 Å². The van der Waals surface area contributed by atoms with Crippen molar-refractivity contribution >= 4 is 46.3 Å². The van der Waals surface area contributed by atoms with Crippen molar-refractivity contribution < 1.29 is 9.53 Å². The Morgan fingerprint density at radius 1 is 1.05 bits per heavy atom. The number of fused-ring (bicyclic) bond motifs is 1. The van der Waals surface area contributed by atoms with Gasteiger partial charge >= 0.3 is 0 Å². The third-order valence-electron chi connectivity index (χ3n) is 6.54. The number of aromatic nitrogens is 2. The van der Waals surface area contributed by atoms with Crippen LogP contribution in [-0.4, -0.2) is 48.3 Å². The zero-order chi connectivity index (χ0) is 25.8. The third kappa shape index (κ3) is 5.77. The largest absolute Gasteiger partial charge is 0.378 e. The summed E-state index contributed by atoms with van der Waals surface area (Å²) >= 11 is 11.7. The van der Waals surface area contributed by atoms with Crippen molar-refractivity contribution in [3.63, 3.8) is 0 Å². The van der Waals surface area contributed by atoms with E-state index >= 15 is 0 Å². The van der Waals surface area contributed by atoms with Gasteiger partial charge in [0, 0.05) is 35.9 Å². The van der Waals surface area contributed by atoms with Crippen LogP contribution >= 0.6 is 23.8 Å². The molecule has 37 heavy (non-hydrogen) atoms. The fraction of sp³-hybridized carbons (Fsp3) is 0.250. The molecule has 190 valence electrons. The molecule has 1 fully saturated rings. The summed E-state index contributed by atoms with van der Waals surface area (Å²) in [5, 5.41) is 4.21. The van der Waals surface area contributed by atoms with Gasteiger partial charge in [0.25, 0.3) is 11.5 Å². The summed E-state index contributed by atoms with van der Waals surface area (Å²) in [7, 11) is 0. The minimum Gasteiger partial charge on any atom is -0.378 e. The van der Waals surface area contributed by atoms with Crippen molar-refractivity contribution in [2.75, 3.05) is 37.7 Å². The minimum absolute atomic E-state index is 0.143. The lowest BCUT2D eigenvalue weighted by Gasteiger charge is -2.29. The Labute approximate surface area is 224 Å². The summed E-state index contributed by atoms with van der Waals surface area (Å²) in [6.07, 6.45) is 0.653. The monoisotopic (exact) mass is 534 g/mol. The van der Waals surface area contributed by atoms with Crippen molar-refractivity contribution in [2.24, 2.45) is 0 Å². The van der Waals surface area contributed by atoms with Crippen molar-refractivity contribution in [3.05, 3.63) is 104 Å². The number of morpholine rings is 1. The molecule has 5 rings (SSSR count). The topological polar surface area (TPSA) is 79.4 Å². The fourth-order valence-electron chi connectivity index (χ4n) is 4.46. The molecule has 2 N–H and O–H groups in total. The number of nitrogens with zero attached hydrogens (tertiary/aromatic N) is 2. The number of nitrogens with one attached hydrogen (secondary N) is 2. The van der Waals surface area contributed by atoms with E-state index in [-0.39, 0.29) is 11.5 Å². The molecule has 3 aromatic carbocycles. The smallest absolute Gasteiger partial charge is 0.262 e. The summed E-state index contributed by atoms with van der Waals surface area (Å²) in [5.74, 6) is -0.158. The number of carbonyl (C=O) groups is 1. The average Bonchev–Trinajstić information content (AvgIpc) is 2.93. The van der Waals surface area contributed by atoms with Gasteiger partial charge in [0.1, 0.15) is 0 Å². The quantitative estimate of drug-likeness (QED) is 0.340. The number of amides is 1. The highest BCUT2D eigenvalue weighted by Crippen LogP contribution is 2.20. The molecule has 1 saturated heterocycles. The molecular weight excluding hydrogens is 508 g/mol. The number of aromatic amines is 1. The number of anilines is 1. The normalized spacial score (nSPS) is 13.6. The van der Waals surface area contributed by atoms with Crippen LogP contribution in [0.1, 0.15) is 21.5 Å². The maximum atomic E-state index is 13.4. The fourth-order valence-corrected chi connectivity index (χ4v) is 4.95. The number of ether oxygens (including phenoxy) is 1. The van der Waals surface area contributed by atoms with Crippen molar-refractivity contribution in [1.29, 1.82) is 0 Å². The zero-order valence-corrected chi connectivity index (χ0v) is 21.8. The number of H-pyrrole nitrogens is 1. The molecule has 0 radical (unpaired) electrons. The number of benzene rings is 3. The molecule has 0 aliphatic carbocycles. The predicted octanol–water partition coefficient (Wildman–Crippen LogP) is 4.57. The number of hydrogen-bond acceptors (Lipinski definition) is 5. The Morgan fingerprint density at radius 2 is 1.81 bits per heavy atom. The lowest BCUT2D eigenvalue weighted by Crippen LogP contribution is -2.36. The van der Waals surface area contributed by atoms with E-state index in [4.69, 9.17) is 28.6 Å². The molecule has 1 aliphatic heterocycles. The van der Waals surface area contributed by atoms with Crippen LogP contribution in [0.4, 0.5) is 5.69 Å². The lowest BCUT2D eigenvalue weighted by atomic mass is 10.1. The molecule has 0 bridgehead atoms. The lowest BCUT2D eigenvalue weighted by molar-refractivity contribution is 0.0954. The Kier molecular flexibility index (Phi) is 7.69. The van der Waals surface area contributed by atoms with Gasteiger partial charge < -0.3 is 19.9 Å². The Balaban J connectivity index is 1.29. The van der Waals surface area contributed by atoms with Gasteiger partial charge in [-0.3, -0.25) is 14.2 Å². The second-order valence-electron chi connectivity index (χ2n) is 8.94. The maximum Gasteiger partial charge on any atom is 0.262 e.